The Morgan fingerprint density at radius 2 is 1.43 bits per heavy atom. The van der Waals surface area contributed by atoms with E-state index in [9.17, 15) is 19.8 Å². The van der Waals surface area contributed by atoms with Crippen molar-refractivity contribution in [2.75, 3.05) is 0 Å². The molecular weight excluding hydrogens is 184 g/mol. The molecule has 0 aromatic rings. The fraction of sp³-hybridized carbons (Fsp3) is 0.800. The Hall–Kier alpha value is -1.06. The summed E-state index contributed by atoms with van der Waals surface area (Å²) < 4.78 is 0. The van der Waals surface area contributed by atoms with Crippen molar-refractivity contribution in [3.63, 3.8) is 0 Å². The van der Waals surface area contributed by atoms with Gasteiger partial charge >= 0.3 is 11.9 Å². The van der Waals surface area contributed by atoms with Crippen molar-refractivity contribution in [3.05, 3.63) is 0 Å². The molecule has 0 spiro atoms. The Morgan fingerprint density at radius 3 is 1.64 bits per heavy atom. The summed E-state index contributed by atoms with van der Waals surface area (Å²) in [5.74, 6) is -1.29. The maximum absolute atomic E-state index is 11.2. The van der Waals surface area contributed by atoms with Gasteiger partial charge in [-0.15, -0.1) is 0 Å². The van der Waals surface area contributed by atoms with Crippen LogP contribution in [0.1, 0.15) is 25.7 Å². The summed E-state index contributed by atoms with van der Waals surface area (Å²) in [4.78, 5) is 22.4. The Labute approximate surface area is 80.9 Å². The highest BCUT2D eigenvalue weighted by molar-refractivity contribution is 5.84. The molecule has 76 valence electrons. The Bertz CT molecular complexity index is 318. The van der Waals surface area contributed by atoms with Gasteiger partial charge in [-0.25, -0.2) is 0 Å². The van der Waals surface area contributed by atoms with Crippen molar-refractivity contribution < 1.29 is 19.8 Å². The normalized spacial score (nSPS) is 52.9. The molecule has 4 aliphatic rings. The molecule has 4 aliphatic carbocycles. The molecule has 14 heavy (non-hydrogen) atoms. The largest absolute Gasteiger partial charge is 0.481 e. The standard InChI is InChI=1S/C10H12O4/c11-7(12)9-2-5-1-6(9)3-10(5,4-9)8(13)14/h5-6H,1-4H2,(H,11,12)(H,13,14)/t5-,6-,9-,10-/m1/s1. The van der Waals surface area contributed by atoms with Crippen LogP contribution in [-0.4, -0.2) is 22.2 Å². The molecule has 0 aromatic carbocycles. The Kier molecular flexibility index (Phi) is 1.16. The van der Waals surface area contributed by atoms with E-state index in [-0.39, 0.29) is 11.8 Å². The van der Waals surface area contributed by atoms with Gasteiger partial charge in [0.25, 0.3) is 0 Å². The van der Waals surface area contributed by atoms with Gasteiger partial charge in [0.15, 0.2) is 0 Å². The first kappa shape index (κ1) is 8.26. The van der Waals surface area contributed by atoms with Crippen LogP contribution in [-0.2, 0) is 9.59 Å². The van der Waals surface area contributed by atoms with Crippen LogP contribution < -0.4 is 0 Å². The molecule has 0 aliphatic heterocycles. The second-order valence-corrected chi connectivity index (χ2v) is 5.14. The Morgan fingerprint density at radius 1 is 1.00 bits per heavy atom. The number of carbonyl (C=O) groups is 2. The first-order valence-corrected chi connectivity index (χ1v) is 4.98. The van der Waals surface area contributed by atoms with E-state index < -0.39 is 22.8 Å². The highest BCUT2D eigenvalue weighted by atomic mass is 16.4. The lowest BCUT2D eigenvalue weighted by molar-refractivity contribution is -0.150. The zero-order chi connectivity index (χ0) is 10.1. The quantitative estimate of drug-likeness (QED) is 0.689. The second kappa shape index (κ2) is 1.97. The predicted octanol–water partition coefficient (Wildman–Crippen LogP) is 0.962. The van der Waals surface area contributed by atoms with E-state index >= 15 is 0 Å². The SMILES string of the molecule is O=C(O)[C@@]12C[C@H]3C[C@@H]1C[C@@]3(C(=O)O)C2. The lowest BCUT2D eigenvalue weighted by Gasteiger charge is -2.23. The van der Waals surface area contributed by atoms with Gasteiger partial charge in [-0.3, -0.25) is 9.59 Å². The van der Waals surface area contributed by atoms with E-state index in [2.05, 4.69) is 0 Å². The van der Waals surface area contributed by atoms with E-state index in [1.807, 2.05) is 0 Å². The average Bonchev–Trinajstić information content (AvgIpc) is 2.69. The molecule has 0 unspecified atom stereocenters. The zero-order valence-corrected chi connectivity index (χ0v) is 7.69. The fourth-order valence-corrected chi connectivity index (χ4v) is 4.24. The smallest absolute Gasteiger partial charge is 0.309 e. The third-order valence-corrected chi connectivity index (χ3v) is 4.84. The third-order valence-electron chi connectivity index (χ3n) is 4.84. The van der Waals surface area contributed by atoms with Crippen molar-refractivity contribution in [3.8, 4) is 0 Å². The van der Waals surface area contributed by atoms with E-state index in [1.165, 1.54) is 0 Å². The minimum Gasteiger partial charge on any atom is -0.481 e. The summed E-state index contributed by atoms with van der Waals surface area (Å²) >= 11 is 0. The molecule has 4 bridgehead atoms. The number of aliphatic carboxylic acids is 2. The highest BCUT2D eigenvalue weighted by Gasteiger charge is 2.76. The molecule has 4 fully saturated rings. The first-order valence-electron chi connectivity index (χ1n) is 4.98. The molecule has 4 atom stereocenters. The topological polar surface area (TPSA) is 74.6 Å². The number of carboxylic acid groups (broad SMARTS) is 2. The van der Waals surface area contributed by atoms with Gasteiger partial charge in [-0.1, -0.05) is 0 Å². The number of hydrogen-bond donors (Lipinski definition) is 2. The minimum absolute atomic E-state index is 0.126. The summed E-state index contributed by atoms with van der Waals surface area (Å²) in [6.45, 7) is 0. The van der Waals surface area contributed by atoms with Gasteiger partial charge < -0.3 is 10.2 Å². The molecule has 4 rings (SSSR count). The van der Waals surface area contributed by atoms with Crippen molar-refractivity contribution in [1.29, 1.82) is 0 Å². The molecule has 4 saturated carbocycles. The molecule has 2 N–H and O–H groups in total. The maximum atomic E-state index is 11.2. The van der Waals surface area contributed by atoms with Gasteiger partial charge in [0.1, 0.15) is 0 Å². The van der Waals surface area contributed by atoms with Crippen LogP contribution in [0.25, 0.3) is 0 Å². The lowest BCUT2D eigenvalue weighted by atomic mass is 9.80. The predicted molar refractivity (Wildman–Crippen MR) is 45.6 cm³/mol. The number of carboxylic acids is 2. The number of rotatable bonds is 2. The third kappa shape index (κ3) is 0.586. The van der Waals surface area contributed by atoms with Gasteiger partial charge in [-0.05, 0) is 37.5 Å². The van der Waals surface area contributed by atoms with Crippen LogP contribution in [0.5, 0.6) is 0 Å². The molecular formula is C10H12O4. The van der Waals surface area contributed by atoms with Crippen LogP contribution in [0, 0.1) is 22.7 Å². The van der Waals surface area contributed by atoms with E-state index in [0.717, 1.165) is 6.42 Å². The molecule has 0 aromatic heterocycles. The van der Waals surface area contributed by atoms with Crippen molar-refractivity contribution in [2.45, 2.75) is 25.7 Å². The summed E-state index contributed by atoms with van der Waals surface area (Å²) in [6.07, 6.45) is 2.39. The Balaban J connectivity index is 2.08. The molecule has 4 nitrogen and oxygen atoms in total. The highest BCUT2D eigenvalue weighted by Crippen LogP contribution is 2.75. The lowest BCUT2D eigenvalue weighted by Crippen LogP contribution is -2.31. The van der Waals surface area contributed by atoms with Crippen LogP contribution in [0.4, 0.5) is 0 Å². The zero-order valence-electron chi connectivity index (χ0n) is 7.69. The van der Waals surface area contributed by atoms with E-state index in [1.54, 1.807) is 0 Å². The first-order chi connectivity index (χ1) is 6.51. The second-order valence-electron chi connectivity index (χ2n) is 5.14. The van der Waals surface area contributed by atoms with Crippen LogP contribution in [0.3, 0.4) is 0 Å². The molecule has 0 amide bonds. The van der Waals surface area contributed by atoms with Crippen LogP contribution in [0.15, 0.2) is 0 Å². The van der Waals surface area contributed by atoms with Crippen molar-refractivity contribution in [2.24, 2.45) is 22.7 Å². The van der Waals surface area contributed by atoms with Crippen molar-refractivity contribution in [1.82, 2.24) is 0 Å². The number of hydrogen-bond acceptors (Lipinski definition) is 2. The van der Waals surface area contributed by atoms with Gasteiger partial charge in [0.2, 0.25) is 0 Å². The molecule has 0 saturated heterocycles. The van der Waals surface area contributed by atoms with E-state index in [4.69, 9.17) is 0 Å². The van der Waals surface area contributed by atoms with E-state index in [0.29, 0.717) is 19.3 Å². The van der Waals surface area contributed by atoms with Crippen molar-refractivity contribution >= 4 is 11.9 Å². The molecule has 0 radical (unpaired) electrons. The van der Waals surface area contributed by atoms with Crippen LogP contribution in [0.2, 0.25) is 0 Å². The summed E-state index contributed by atoms with van der Waals surface area (Å²) in [6, 6.07) is 0. The van der Waals surface area contributed by atoms with Crippen LogP contribution >= 0.6 is 0 Å². The monoisotopic (exact) mass is 196 g/mol. The summed E-state index contributed by atoms with van der Waals surface area (Å²) in [5, 5.41) is 18.4. The minimum atomic E-state index is -0.773. The fourth-order valence-electron chi connectivity index (χ4n) is 4.24. The summed E-state index contributed by atoms with van der Waals surface area (Å²) in [5.41, 5.74) is -1.36. The van der Waals surface area contributed by atoms with Gasteiger partial charge in [-0.2, -0.15) is 0 Å². The molecule has 4 heteroatoms. The van der Waals surface area contributed by atoms with Gasteiger partial charge in [0, 0.05) is 0 Å². The summed E-state index contributed by atoms with van der Waals surface area (Å²) in [7, 11) is 0. The maximum Gasteiger partial charge on any atom is 0.309 e. The average molecular weight is 196 g/mol. The molecule has 0 heterocycles. The van der Waals surface area contributed by atoms with Gasteiger partial charge in [0.05, 0.1) is 10.8 Å².